The van der Waals surface area contributed by atoms with Gasteiger partial charge in [-0.25, -0.2) is 4.98 Å². The standard InChI is InChI=1S/C20H29BrF6N4O3Si/c1-9(2)35(10(3)4,11(5)6)34-18(7,20(25,26)27)17(33)31-30-16(32)14-13(28)8-12(15(21)29-14)19(22,23)24/h8-11H,28H2,1-7H3,(H,30,32)(H,31,33). The quantitative estimate of drug-likeness (QED) is 0.162. The van der Waals surface area contributed by atoms with Gasteiger partial charge in [0.1, 0.15) is 4.60 Å². The maximum Gasteiger partial charge on any atom is 0.425 e. The third-order valence-corrected chi connectivity index (χ3v) is 12.7. The first-order valence-electron chi connectivity index (χ1n) is 10.5. The van der Waals surface area contributed by atoms with Crippen LogP contribution in [0.1, 0.15) is 64.5 Å². The van der Waals surface area contributed by atoms with Crippen molar-refractivity contribution in [2.75, 3.05) is 5.73 Å². The number of rotatable bonds is 7. The molecule has 35 heavy (non-hydrogen) atoms. The fourth-order valence-corrected chi connectivity index (χ4v) is 10.3. The van der Waals surface area contributed by atoms with Crippen LogP contribution in [0.15, 0.2) is 10.7 Å². The number of hydrogen-bond acceptors (Lipinski definition) is 5. The molecule has 2 amide bonds. The first kappa shape index (κ1) is 31.2. The molecule has 0 fully saturated rings. The van der Waals surface area contributed by atoms with Crippen LogP contribution < -0.4 is 16.6 Å². The zero-order valence-electron chi connectivity index (χ0n) is 20.2. The zero-order chi connectivity index (χ0) is 27.7. The molecular formula is C20H29BrF6N4O3Si. The second kappa shape index (κ2) is 10.6. The van der Waals surface area contributed by atoms with E-state index in [4.69, 9.17) is 10.2 Å². The van der Waals surface area contributed by atoms with Crippen molar-refractivity contribution in [3.63, 3.8) is 0 Å². The Morgan fingerprint density at radius 2 is 1.46 bits per heavy atom. The molecule has 1 rings (SSSR count). The molecule has 1 unspecified atom stereocenters. The van der Waals surface area contributed by atoms with E-state index in [1.165, 1.54) is 0 Å². The number of hydrogen-bond donors (Lipinski definition) is 3. The van der Waals surface area contributed by atoms with Crippen LogP contribution >= 0.6 is 15.9 Å². The Hall–Kier alpha value is -1.87. The fourth-order valence-electron chi connectivity index (χ4n) is 4.12. The molecule has 1 aromatic heterocycles. The van der Waals surface area contributed by atoms with Gasteiger partial charge in [-0.3, -0.25) is 20.4 Å². The van der Waals surface area contributed by atoms with E-state index in [1.54, 1.807) is 52.4 Å². The number of aromatic nitrogens is 1. The van der Waals surface area contributed by atoms with Crippen molar-refractivity contribution in [1.29, 1.82) is 0 Å². The average molecular weight is 595 g/mol. The maximum absolute atomic E-state index is 14.2. The molecule has 0 radical (unpaired) electrons. The van der Waals surface area contributed by atoms with Crippen LogP contribution in [-0.4, -0.2) is 36.9 Å². The minimum atomic E-state index is -5.16. The van der Waals surface area contributed by atoms with Gasteiger partial charge < -0.3 is 10.2 Å². The highest BCUT2D eigenvalue weighted by atomic mass is 79.9. The van der Waals surface area contributed by atoms with E-state index in [-0.39, 0.29) is 16.6 Å². The lowest BCUT2D eigenvalue weighted by Crippen LogP contribution is -2.66. The molecule has 0 aliphatic carbocycles. The molecule has 4 N–H and O–H groups in total. The van der Waals surface area contributed by atoms with Gasteiger partial charge in [-0.15, -0.1) is 0 Å². The van der Waals surface area contributed by atoms with Gasteiger partial charge in [0, 0.05) is 0 Å². The molecule has 1 heterocycles. The number of anilines is 1. The molecule has 0 bridgehead atoms. The van der Waals surface area contributed by atoms with Gasteiger partial charge in [0.2, 0.25) is 13.9 Å². The Labute approximate surface area is 208 Å². The first-order valence-corrected chi connectivity index (χ1v) is 13.5. The Morgan fingerprint density at radius 3 is 1.83 bits per heavy atom. The molecule has 7 nitrogen and oxygen atoms in total. The number of nitrogens with two attached hydrogens (primary N) is 1. The molecule has 0 aromatic carbocycles. The van der Waals surface area contributed by atoms with Gasteiger partial charge in [0.05, 0.1) is 11.3 Å². The Balaban J connectivity index is 3.30. The number of carbonyl (C=O) groups excluding carboxylic acids is 2. The predicted molar refractivity (Wildman–Crippen MR) is 124 cm³/mol. The summed E-state index contributed by atoms with van der Waals surface area (Å²) in [7, 11) is -3.23. The summed E-state index contributed by atoms with van der Waals surface area (Å²) in [5.74, 6) is -3.03. The van der Waals surface area contributed by atoms with Crippen LogP contribution in [0, 0.1) is 0 Å². The van der Waals surface area contributed by atoms with Gasteiger partial charge in [-0.1, -0.05) is 41.5 Å². The first-order chi connectivity index (χ1) is 15.6. The number of pyridine rings is 1. The van der Waals surface area contributed by atoms with Crippen LogP contribution in [0.3, 0.4) is 0 Å². The van der Waals surface area contributed by atoms with E-state index >= 15 is 0 Å². The number of alkyl halides is 6. The molecule has 0 spiro atoms. The highest BCUT2D eigenvalue weighted by molar-refractivity contribution is 9.10. The molecule has 1 aromatic rings. The van der Waals surface area contributed by atoms with Crippen molar-refractivity contribution in [2.45, 2.75) is 83.0 Å². The van der Waals surface area contributed by atoms with Crippen molar-refractivity contribution in [2.24, 2.45) is 0 Å². The lowest BCUT2D eigenvalue weighted by molar-refractivity contribution is -0.240. The topological polar surface area (TPSA) is 106 Å². The lowest BCUT2D eigenvalue weighted by atomic mass is 10.1. The number of nitrogen functional groups attached to an aromatic ring is 1. The average Bonchev–Trinajstić information content (AvgIpc) is 2.68. The molecule has 0 saturated carbocycles. The van der Waals surface area contributed by atoms with Crippen LogP contribution in [0.4, 0.5) is 32.0 Å². The third kappa shape index (κ3) is 6.28. The summed E-state index contributed by atoms with van der Waals surface area (Å²) in [6.07, 6.45) is -9.98. The predicted octanol–water partition coefficient (Wildman–Crippen LogP) is 5.72. The van der Waals surface area contributed by atoms with E-state index in [0.29, 0.717) is 13.0 Å². The van der Waals surface area contributed by atoms with Gasteiger partial charge >= 0.3 is 12.4 Å². The van der Waals surface area contributed by atoms with Crippen molar-refractivity contribution in [3.8, 4) is 0 Å². The second-order valence-corrected chi connectivity index (χ2v) is 15.2. The summed E-state index contributed by atoms with van der Waals surface area (Å²) in [6.45, 7) is 11.0. The normalized spacial score (nSPS) is 14.9. The smallest absolute Gasteiger partial charge is 0.397 e. The highest BCUT2D eigenvalue weighted by Crippen LogP contribution is 2.48. The van der Waals surface area contributed by atoms with Crippen molar-refractivity contribution >= 4 is 41.7 Å². The number of halogens is 7. The molecule has 15 heteroatoms. The summed E-state index contributed by atoms with van der Waals surface area (Å²) < 4.78 is 86.4. The van der Waals surface area contributed by atoms with Crippen LogP contribution in [0.25, 0.3) is 0 Å². The van der Waals surface area contributed by atoms with Gasteiger partial charge in [-0.2, -0.15) is 26.3 Å². The van der Waals surface area contributed by atoms with E-state index in [1.807, 2.05) is 0 Å². The number of nitrogens with zero attached hydrogens (tertiary/aromatic N) is 1. The molecule has 0 aliphatic heterocycles. The minimum absolute atomic E-state index is 0.292. The Bertz CT molecular complexity index is 934. The van der Waals surface area contributed by atoms with E-state index in [2.05, 4.69) is 20.9 Å². The van der Waals surface area contributed by atoms with Crippen LogP contribution in [0.2, 0.25) is 16.6 Å². The summed E-state index contributed by atoms with van der Waals surface area (Å²) in [5, 5.41) is 0. The largest absolute Gasteiger partial charge is 0.425 e. The molecular weight excluding hydrogens is 566 g/mol. The van der Waals surface area contributed by atoms with Crippen LogP contribution in [-0.2, 0) is 15.4 Å². The van der Waals surface area contributed by atoms with Gasteiger partial charge in [-0.05, 0) is 45.5 Å². The second-order valence-electron chi connectivity index (χ2n) is 9.12. The summed E-state index contributed by atoms with van der Waals surface area (Å²) >= 11 is 2.58. The Kier molecular flexibility index (Phi) is 9.46. The fraction of sp³-hybridized carbons (Fsp3) is 0.650. The van der Waals surface area contributed by atoms with Crippen molar-refractivity contribution < 1.29 is 40.4 Å². The SMILES string of the molecule is CC(C)[Si](OC(C)(C(=O)NNC(=O)c1nc(Br)c(C(F)(F)F)cc1N)C(F)(F)F)(C(C)C)C(C)C. The monoisotopic (exact) mass is 594 g/mol. The molecule has 1 atom stereocenters. The van der Waals surface area contributed by atoms with Gasteiger partial charge in [0.25, 0.3) is 11.8 Å². The molecule has 0 saturated heterocycles. The number of amides is 2. The maximum atomic E-state index is 14.2. The van der Waals surface area contributed by atoms with Gasteiger partial charge in [0.15, 0.2) is 5.69 Å². The summed E-state index contributed by atoms with van der Waals surface area (Å²) in [5.41, 5.74) is 1.97. The van der Waals surface area contributed by atoms with E-state index in [0.717, 1.165) is 0 Å². The molecule has 200 valence electrons. The van der Waals surface area contributed by atoms with Crippen molar-refractivity contribution in [1.82, 2.24) is 15.8 Å². The number of nitrogens with one attached hydrogen (secondary N) is 2. The van der Waals surface area contributed by atoms with E-state index in [9.17, 15) is 35.9 Å². The van der Waals surface area contributed by atoms with E-state index < -0.39 is 59.6 Å². The van der Waals surface area contributed by atoms with Crippen molar-refractivity contribution in [3.05, 3.63) is 21.9 Å². The molecule has 0 aliphatic rings. The minimum Gasteiger partial charge on any atom is -0.397 e. The number of hydrazine groups is 1. The summed E-state index contributed by atoms with van der Waals surface area (Å²) in [6, 6.07) is 0.435. The summed E-state index contributed by atoms with van der Waals surface area (Å²) in [4.78, 5) is 28.6. The Morgan fingerprint density at radius 1 is 1.00 bits per heavy atom. The van der Waals surface area contributed by atoms with Crippen LogP contribution in [0.5, 0.6) is 0 Å². The zero-order valence-corrected chi connectivity index (χ0v) is 22.8. The third-order valence-electron chi connectivity index (χ3n) is 5.88. The lowest BCUT2D eigenvalue weighted by Gasteiger charge is -2.47. The highest BCUT2D eigenvalue weighted by Gasteiger charge is 2.63. The number of carbonyl (C=O) groups is 2.